The van der Waals surface area contributed by atoms with Gasteiger partial charge in [-0.25, -0.2) is 9.78 Å². The average Bonchev–Trinajstić information content (AvgIpc) is 2.87. The number of hydrogen-bond acceptors (Lipinski definition) is 5. The van der Waals surface area contributed by atoms with Gasteiger partial charge >= 0.3 is 6.09 Å². The van der Waals surface area contributed by atoms with Crippen molar-refractivity contribution in [3.63, 3.8) is 0 Å². The number of fused-ring (bicyclic) bond motifs is 1. The van der Waals surface area contributed by atoms with E-state index in [2.05, 4.69) is 15.3 Å². The lowest BCUT2D eigenvalue weighted by Gasteiger charge is -2.31. The normalized spacial score (nSPS) is 24.4. The molecule has 1 N–H and O–H groups in total. The van der Waals surface area contributed by atoms with E-state index in [9.17, 15) is 9.59 Å². The summed E-state index contributed by atoms with van der Waals surface area (Å²) in [7, 11) is 0. The third-order valence-corrected chi connectivity index (χ3v) is 4.18. The molecule has 0 unspecified atom stereocenters. The molecule has 1 aromatic rings. The Hall–Kier alpha value is -1.89. The number of amides is 2. The summed E-state index contributed by atoms with van der Waals surface area (Å²) in [6.45, 7) is 1.07. The molecule has 112 valence electrons. The second-order valence-electron chi connectivity index (χ2n) is 5.17. The number of halogens is 1. The summed E-state index contributed by atoms with van der Waals surface area (Å²) in [5.74, 6) is -0.322. The van der Waals surface area contributed by atoms with Crippen LogP contribution in [0.15, 0.2) is 12.4 Å². The molecule has 2 atom stereocenters. The van der Waals surface area contributed by atoms with Crippen molar-refractivity contribution in [3.05, 3.63) is 23.2 Å². The summed E-state index contributed by atoms with van der Waals surface area (Å²) < 4.78 is 4.99. The van der Waals surface area contributed by atoms with Crippen molar-refractivity contribution in [2.75, 3.05) is 13.2 Å². The predicted octanol–water partition coefficient (Wildman–Crippen LogP) is 0.977. The molecule has 1 aromatic heterocycles. The van der Waals surface area contributed by atoms with Crippen molar-refractivity contribution < 1.29 is 14.3 Å². The number of nitrogens with zero attached hydrogens (tertiary/aromatic N) is 3. The highest BCUT2D eigenvalue weighted by molar-refractivity contribution is 6.29. The molecule has 2 amide bonds. The molecule has 0 spiro atoms. The fourth-order valence-corrected chi connectivity index (χ4v) is 2.84. The van der Waals surface area contributed by atoms with E-state index in [1.807, 2.05) is 0 Å². The van der Waals surface area contributed by atoms with Crippen molar-refractivity contribution in [1.82, 2.24) is 20.2 Å². The molecule has 0 radical (unpaired) electrons. The molecule has 0 saturated carbocycles. The number of carbonyl (C=O) groups is 2. The predicted molar refractivity (Wildman–Crippen MR) is 73.5 cm³/mol. The van der Waals surface area contributed by atoms with Gasteiger partial charge in [-0.2, -0.15) is 0 Å². The van der Waals surface area contributed by atoms with Crippen LogP contribution in [-0.4, -0.2) is 46.1 Å². The average molecular weight is 311 g/mol. The van der Waals surface area contributed by atoms with Gasteiger partial charge in [0, 0.05) is 18.9 Å². The molecule has 0 aromatic carbocycles. The lowest BCUT2D eigenvalue weighted by molar-refractivity contribution is -0.126. The van der Waals surface area contributed by atoms with Crippen LogP contribution < -0.4 is 5.32 Å². The number of carbonyl (C=O) groups excluding carboxylic acids is 2. The molecular weight excluding hydrogens is 296 g/mol. The van der Waals surface area contributed by atoms with Crippen LogP contribution >= 0.6 is 11.6 Å². The molecule has 2 fully saturated rings. The molecule has 21 heavy (non-hydrogen) atoms. The Kier molecular flexibility index (Phi) is 3.92. The second kappa shape index (κ2) is 5.85. The zero-order chi connectivity index (χ0) is 14.8. The van der Waals surface area contributed by atoms with Crippen LogP contribution in [0.2, 0.25) is 5.15 Å². The first-order chi connectivity index (χ1) is 10.1. The lowest BCUT2D eigenvalue weighted by atomic mass is 9.93. The van der Waals surface area contributed by atoms with Crippen LogP contribution in [0, 0.1) is 5.92 Å². The number of piperidine rings is 1. The first-order valence-corrected chi connectivity index (χ1v) is 7.19. The number of nitrogens with one attached hydrogen (secondary N) is 1. The fourth-order valence-electron chi connectivity index (χ4n) is 2.67. The molecule has 3 rings (SSSR count). The molecular formula is C13H15ClN4O3. The first kappa shape index (κ1) is 14.1. The van der Waals surface area contributed by atoms with E-state index in [0.29, 0.717) is 18.8 Å². The molecule has 7 nitrogen and oxygen atoms in total. The molecule has 2 saturated heterocycles. The topological polar surface area (TPSA) is 84.4 Å². The van der Waals surface area contributed by atoms with Crippen molar-refractivity contribution in [2.24, 2.45) is 5.92 Å². The van der Waals surface area contributed by atoms with Gasteiger partial charge in [0.05, 0.1) is 24.2 Å². The highest BCUT2D eigenvalue weighted by atomic mass is 35.5. The molecule has 8 heteroatoms. The minimum atomic E-state index is -0.325. The third-order valence-electron chi connectivity index (χ3n) is 3.86. The van der Waals surface area contributed by atoms with E-state index in [0.717, 1.165) is 12.8 Å². The Morgan fingerprint density at radius 3 is 3.05 bits per heavy atom. The molecule has 0 bridgehead atoms. The van der Waals surface area contributed by atoms with E-state index < -0.39 is 0 Å². The Morgan fingerprint density at radius 1 is 1.43 bits per heavy atom. The summed E-state index contributed by atoms with van der Waals surface area (Å²) >= 11 is 5.89. The van der Waals surface area contributed by atoms with Crippen LogP contribution in [0.3, 0.4) is 0 Å². The summed E-state index contributed by atoms with van der Waals surface area (Å²) in [6.07, 6.45) is 4.23. The van der Waals surface area contributed by atoms with Gasteiger partial charge in [0.2, 0.25) is 5.91 Å². The summed E-state index contributed by atoms with van der Waals surface area (Å²) in [5, 5.41) is 3.08. The Balaban J connectivity index is 1.56. The quantitative estimate of drug-likeness (QED) is 0.899. The lowest BCUT2D eigenvalue weighted by Crippen LogP contribution is -2.46. The number of cyclic esters (lactones) is 1. The standard InChI is InChI=1S/C13H15ClN4O3/c14-11-10(15-3-4-16-11)5-17-12(19)8-1-2-9-7-21-13(20)18(9)6-8/h3-4,8-9H,1-2,5-7H2,(H,17,19)/t8-,9+/m0/s1. The van der Waals surface area contributed by atoms with E-state index in [4.69, 9.17) is 16.3 Å². The first-order valence-electron chi connectivity index (χ1n) is 6.81. The highest BCUT2D eigenvalue weighted by Crippen LogP contribution is 2.27. The molecule has 3 heterocycles. The maximum absolute atomic E-state index is 12.2. The molecule has 0 aliphatic carbocycles. The summed E-state index contributed by atoms with van der Waals surface area (Å²) in [6, 6.07) is 0.121. The van der Waals surface area contributed by atoms with Crippen molar-refractivity contribution in [2.45, 2.75) is 25.4 Å². The second-order valence-corrected chi connectivity index (χ2v) is 5.53. The van der Waals surface area contributed by atoms with Gasteiger partial charge in [-0.05, 0) is 12.8 Å². The van der Waals surface area contributed by atoms with Gasteiger partial charge < -0.3 is 15.0 Å². The Bertz CT molecular complexity index is 568. The highest BCUT2D eigenvalue weighted by Gasteiger charge is 2.40. The SMILES string of the molecule is O=C(NCc1nccnc1Cl)[C@H]1CC[C@@H]2COC(=O)N2C1. The van der Waals surface area contributed by atoms with Crippen molar-refractivity contribution in [3.8, 4) is 0 Å². The number of aromatic nitrogens is 2. The van der Waals surface area contributed by atoms with E-state index in [1.54, 1.807) is 4.90 Å². The van der Waals surface area contributed by atoms with Crippen LogP contribution in [0.25, 0.3) is 0 Å². The van der Waals surface area contributed by atoms with Crippen LogP contribution in [0.4, 0.5) is 4.79 Å². The van der Waals surface area contributed by atoms with E-state index in [1.165, 1.54) is 12.4 Å². The maximum atomic E-state index is 12.2. The molecule has 2 aliphatic rings. The maximum Gasteiger partial charge on any atom is 0.410 e. The summed E-state index contributed by atoms with van der Waals surface area (Å²) in [4.78, 5) is 33.3. The van der Waals surface area contributed by atoms with Gasteiger partial charge in [-0.15, -0.1) is 0 Å². The fraction of sp³-hybridized carbons (Fsp3) is 0.538. The van der Waals surface area contributed by atoms with Crippen LogP contribution in [0.1, 0.15) is 18.5 Å². The van der Waals surface area contributed by atoms with E-state index >= 15 is 0 Å². The van der Waals surface area contributed by atoms with Gasteiger partial charge in [0.1, 0.15) is 6.61 Å². The van der Waals surface area contributed by atoms with E-state index in [-0.39, 0.29) is 35.7 Å². The van der Waals surface area contributed by atoms with Gasteiger partial charge in [0.25, 0.3) is 0 Å². The molecule has 2 aliphatic heterocycles. The minimum Gasteiger partial charge on any atom is -0.447 e. The smallest absolute Gasteiger partial charge is 0.410 e. The monoisotopic (exact) mass is 310 g/mol. The van der Waals surface area contributed by atoms with Crippen LogP contribution in [-0.2, 0) is 16.1 Å². The Morgan fingerprint density at radius 2 is 2.24 bits per heavy atom. The summed E-state index contributed by atoms with van der Waals surface area (Å²) in [5.41, 5.74) is 0.529. The third kappa shape index (κ3) is 2.92. The zero-order valence-electron chi connectivity index (χ0n) is 11.3. The number of hydrogen-bond donors (Lipinski definition) is 1. The largest absolute Gasteiger partial charge is 0.447 e. The van der Waals surface area contributed by atoms with Crippen LogP contribution in [0.5, 0.6) is 0 Å². The van der Waals surface area contributed by atoms with Gasteiger partial charge in [-0.3, -0.25) is 9.78 Å². The van der Waals surface area contributed by atoms with Crippen molar-refractivity contribution >= 4 is 23.6 Å². The van der Waals surface area contributed by atoms with Crippen molar-refractivity contribution in [1.29, 1.82) is 0 Å². The number of ether oxygens (including phenoxy) is 1. The minimum absolute atomic E-state index is 0.102. The number of rotatable bonds is 3. The zero-order valence-corrected chi connectivity index (χ0v) is 12.0. The van der Waals surface area contributed by atoms with Gasteiger partial charge in [0.15, 0.2) is 5.15 Å². The Labute approximate surface area is 126 Å². The van der Waals surface area contributed by atoms with Gasteiger partial charge in [-0.1, -0.05) is 11.6 Å².